The Morgan fingerprint density at radius 1 is 1.18 bits per heavy atom. The number of pyridine rings is 1. The highest BCUT2D eigenvalue weighted by molar-refractivity contribution is 6.29. The number of hydrogen-bond donors (Lipinski definition) is 0. The average molecular weight is 485 g/mol. The first-order valence-corrected chi connectivity index (χ1v) is 11.2. The second-order valence-electron chi connectivity index (χ2n) is 9.17. The van der Waals surface area contributed by atoms with Crippen LogP contribution in [0.25, 0.3) is 0 Å². The zero-order chi connectivity index (χ0) is 24.2. The predicted molar refractivity (Wildman–Crippen MR) is 119 cm³/mol. The molecule has 1 aliphatic heterocycles. The molecule has 0 radical (unpaired) electrons. The molecule has 2 unspecified atom stereocenters. The number of halogens is 4. The van der Waals surface area contributed by atoms with Crippen LogP contribution in [0, 0.1) is 5.92 Å². The Balaban J connectivity index is 1.65. The summed E-state index contributed by atoms with van der Waals surface area (Å²) in [5.41, 5.74) is -0.326. The molecule has 1 saturated heterocycles. The third kappa shape index (κ3) is 7.33. The molecule has 1 aromatic heterocycles. The molecule has 1 amide bonds. The Hall–Kier alpha value is -2.32. The van der Waals surface area contributed by atoms with Crippen LogP contribution in [0.15, 0.2) is 42.5 Å². The fraction of sp³-hybridized carbons (Fsp3) is 0.500. The Morgan fingerprint density at radius 2 is 1.88 bits per heavy atom. The highest BCUT2D eigenvalue weighted by Crippen LogP contribution is 2.36. The zero-order valence-electron chi connectivity index (χ0n) is 18.9. The standard InChI is InChI=1S/C24H28ClF3N2O3/c1-23(2,3)33-22(31)30-10-9-16(11-20(30)17-7-5-4-6-8-17)14-32-15-19-12-18(24(26,27)28)13-21(25)29-19/h4-8,12-13,16,20H,9-11,14-15H2,1-3H3. The van der Waals surface area contributed by atoms with Crippen molar-refractivity contribution in [1.29, 1.82) is 0 Å². The van der Waals surface area contributed by atoms with Crippen LogP contribution in [0.3, 0.4) is 0 Å². The van der Waals surface area contributed by atoms with Gasteiger partial charge in [0.15, 0.2) is 0 Å². The molecule has 0 aliphatic carbocycles. The lowest BCUT2D eigenvalue weighted by Crippen LogP contribution is -2.44. The van der Waals surface area contributed by atoms with Crippen molar-refractivity contribution in [2.75, 3.05) is 13.2 Å². The molecule has 2 aromatic rings. The summed E-state index contributed by atoms with van der Waals surface area (Å²) >= 11 is 5.75. The zero-order valence-corrected chi connectivity index (χ0v) is 19.6. The van der Waals surface area contributed by atoms with Gasteiger partial charge in [-0.2, -0.15) is 13.2 Å². The van der Waals surface area contributed by atoms with Crippen LogP contribution in [-0.4, -0.2) is 34.7 Å². The van der Waals surface area contributed by atoms with E-state index >= 15 is 0 Å². The molecule has 1 aromatic carbocycles. The number of nitrogens with zero attached hydrogens (tertiary/aromatic N) is 2. The van der Waals surface area contributed by atoms with Crippen molar-refractivity contribution in [3.05, 3.63) is 64.4 Å². The number of ether oxygens (including phenoxy) is 2. The maximum absolute atomic E-state index is 13.0. The number of rotatable bonds is 5. The van der Waals surface area contributed by atoms with E-state index in [1.54, 1.807) is 4.90 Å². The summed E-state index contributed by atoms with van der Waals surface area (Å²) in [7, 11) is 0. The summed E-state index contributed by atoms with van der Waals surface area (Å²) in [6.07, 6.45) is -3.52. The maximum Gasteiger partial charge on any atom is 0.416 e. The smallest absolute Gasteiger partial charge is 0.416 e. The quantitative estimate of drug-likeness (QED) is 0.445. The number of piperidine rings is 1. The molecule has 1 aliphatic rings. The molecule has 180 valence electrons. The number of amides is 1. The fourth-order valence-corrected chi connectivity index (χ4v) is 4.07. The van der Waals surface area contributed by atoms with Crippen LogP contribution in [-0.2, 0) is 22.3 Å². The van der Waals surface area contributed by atoms with Crippen molar-refractivity contribution in [2.45, 2.75) is 58.0 Å². The molecule has 0 N–H and O–H groups in total. The number of carbonyl (C=O) groups excluding carboxylic acids is 1. The van der Waals surface area contributed by atoms with Crippen molar-refractivity contribution in [3.63, 3.8) is 0 Å². The average Bonchev–Trinajstić information content (AvgIpc) is 2.72. The van der Waals surface area contributed by atoms with E-state index in [1.165, 1.54) is 0 Å². The Kier molecular flexibility index (Phi) is 7.90. The van der Waals surface area contributed by atoms with Crippen LogP contribution in [0.4, 0.5) is 18.0 Å². The number of benzene rings is 1. The molecule has 0 spiro atoms. The summed E-state index contributed by atoms with van der Waals surface area (Å²) in [5, 5.41) is -0.224. The summed E-state index contributed by atoms with van der Waals surface area (Å²) < 4.78 is 50.3. The van der Waals surface area contributed by atoms with Crippen molar-refractivity contribution < 1.29 is 27.4 Å². The van der Waals surface area contributed by atoms with Gasteiger partial charge in [-0.1, -0.05) is 41.9 Å². The predicted octanol–water partition coefficient (Wildman–Crippen LogP) is 6.66. The second-order valence-corrected chi connectivity index (χ2v) is 9.56. The van der Waals surface area contributed by atoms with E-state index in [9.17, 15) is 18.0 Å². The first-order chi connectivity index (χ1) is 15.4. The van der Waals surface area contributed by atoms with Crippen LogP contribution in [0.2, 0.25) is 5.15 Å². The van der Waals surface area contributed by atoms with Gasteiger partial charge in [0.05, 0.1) is 30.5 Å². The summed E-state index contributed by atoms with van der Waals surface area (Å²) in [6.45, 7) is 6.24. The maximum atomic E-state index is 13.0. The van der Waals surface area contributed by atoms with Gasteiger partial charge < -0.3 is 14.4 Å². The van der Waals surface area contributed by atoms with Crippen molar-refractivity contribution >= 4 is 17.7 Å². The number of aromatic nitrogens is 1. The third-order valence-electron chi connectivity index (χ3n) is 5.30. The molecule has 9 heteroatoms. The van der Waals surface area contributed by atoms with Gasteiger partial charge in [0.1, 0.15) is 10.8 Å². The highest BCUT2D eigenvalue weighted by Gasteiger charge is 2.35. The first-order valence-electron chi connectivity index (χ1n) is 10.8. The molecule has 3 rings (SSSR count). The van der Waals surface area contributed by atoms with Crippen molar-refractivity contribution in [3.8, 4) is 0 Å². The van der Waals surface area contributed by atoms with Crippen molar-refractivity contribution in [2.24, 2.45) is 5.92 Å². The minimum Gasteiger partial charge on any atom is -0.444 e. The molecule has 2 heterocycles. The van der Waals surface area contributed by atoms with Crippen LogP contribution in [0.5, 0.6) is 0 Å². The SMILES string of the molecule is CC(C)(C)OC(=O)N1CCC(COCc2cc(C(F)(F)F)cc(Cl)n2)CC1c1ccccc1. The summed E-state index contributed by atoms with van der Waals surface area (Å²) in [5.74, 6) is 0.121. The van der Waals surface area contributed by atoms with Crippen LogP contribution >= 0.6 is 11.6 Å². The molecule has 33 heavy (non-hydrogen) atoms. The van der Waals surface area contributed by atoms with E-state index in [1.807, 2.05) is 51.1 Å². The van der Waals surface area contributed by atoms with Gasteiger partial charge in [-0.15, -0.1) is 0 Å². The Labute approximate surface area is 196 Å². The van der Waals surface area contributed by atoms with E-state index in [4.69, 9.17) is 21.1 Å². The van der Waals surface area contributed by atoms with E-state index in [2.05, 4.69) is 4.98 Å². The molecule has 1 fully saturated rings. The molecular formula is C24H28ClF3N2O3. The number of likely N-dealkylation sites (tertiary alicyclic amines) is 1. The van der Waals surface area contributed by atoms with Gasteiger partial charge in [-0.3, -0.25) is 0 Å². The normalized spacial score (nSPS) is 19.4. The second kappa shape index (κ2) is 10.3. The minimum absolute atomic E-state index is 0.0775. The van der Waals surface area contributed by atoms with Crippen LogP contribution in [0.1, 0.15) is 56.5 Å². The van der Waals surface area contributed by atoms with Crippen molar-refractivity contribution in [1.82, 2.24) is 9.88 Å². The first kappa shape index (κ1) is 25.3. The molecular weight excluding hydrogens is 457 g/mol. The van der Waals surface area contributed by atoms with Gasteiger partial charge in [-0.05, 0) is 57.2 Å². The third-order valence-corrected chi connectivity index (χ3v) is 5.50. The van der Waals surface area contributed by atoms with Gasteiger partial charge >= 0.3 is 12.3 Å². The van der Waals surface area contributed by atoms with Gasteiger partial charge in [0, 0.05) is 6.54 Å². The highest BCUT2D eigenvalue weighted by atomic mass is 35.5. The fourth-order valence-electron chi connectivity index (χ4n) is 3.84. The lowest BCUT2D eigenvalue weighted by molar-refractivity contribution is -0.137. The van der Waals surface area contributed by atoms with Gasteiger partial charge in [0.25, 0.3) is 0 Å². The number of alkyl halides is 3. The van der Waals surface area contributed by atoms with Crippen LogP contribution < -0.4 is 0 Å². The Morgan fingerprint density at radius 3 is 2.52 bits per heavy atom. The van der Waals surface area contributed by atoms with Gasteiger partial charge in [0.2, 0.25) is 0 Å². The lowest BCUT2D eigenvalue weighted by atomic mass is 9.88. The topological polar surface area (TPSA) is 51.7 Å². The molecule has 5 nitrogen and oxygen atoms in total. The van der Waals surface area contributed by atoms with E-state index < -0.39 is 17.3 Å². The summed E-state index contributed by atoms with van der Waals surface area (Å²) in [6, 6.07) is 11.3. The lowest BCUT2D eigenvalue weighted by Gasteiger charge is -2.40. The van der Waals surface area contributed by atoms with Gasteiger partial charge in [-0.25, -0.2) is 9.78 Å². The number of carbonyl (C=O) groups is 1. The minimum atomic E-state index is -4.50. The van der Waals surface area contributed by atoms with E-state index in [0.717, 1.165) is 17.7 Å². The largest absolute Gasteiger partial charge is 0.444 e. The number of hydrogen-bond acceptors (Lipinski definition) is 4. The molecule has 0 saturated carbocycles. The van der Waals surface area contributed by atoms with E-state index in [0.29, 0.717) is 26.0 Å². The molecule has 2 atom stereocenters. The Bertz CT molecular complexity index is 948. The summed E-state index contributed by atoms with van der Waals surface area (Å²) in [4.78, 5) is 18.5. The molecule has 0 bridgehead atoms. The van der Waals surface area contributed by atoms with E-state index in [-0.39, 0.29) is 35.5 Å². The monoisotopic (exact) mass is 484 g/mol.